The van der Waals surface area contributed by atoms with Crippen LogP contribution in [0, 0.1) is 6.92 Å². The number of benzene rings is 1. The molecule has 0 N–H and O–H groups in total. The van der Waals surface area contributed by atoms with Gasteiger partial charge in [-0.1, -0.05) is 12.1 Å². The van der Waals surface area contributed by atoms with Crippen LogP contribution in [0.3, 0.4) is 0 Å². The summed E-state index contributed by atoms with van der Waals surface area (Å²) < 4.78 is 5.30. The third-order valence-electron chi connectivity index (χ3n) is 2.39. The van der Waals surface area contributed by atoms with Crippen molar-refractivity contribution in [2.75, 3.05) is 7.11 Å². The summed E-state index contributed by atoms with van der Waals surface area (Å²) in [6.07, 6.45) is 0. The standard InChI is InChI=1S/C13H13ClN2O/c1-9-7-10(8-14)16-13(15-9)11-5-3-4-6-12(11)17-2/h3-7H,8H2,1-2H3. The van der Waals surface area contributed by atoms with E-state index in [1.165, 1.54) is 0 Å². The molecule has 3 nitrogen and oxygen atoms in total. The first-order valence-corrected chi connectivity index (χ1v) is 5.82. The van der Waals surface area contributed by atoms with E-state index in [2.05, 4.69) is 9.97 Å². The van der Waals surface area contributed by atoms with Crippen LogP contribution in [-0.4, -0.2) is 17.1 Å². The van der Waals surface area contributed by atoms with E-state index in [1.54, 1.807) is 7.11 Å². The van der Waals surface area contributed by atoms with Crippen LogP contribution in [0.25, 0.3) is 11.4 Å². The largest absolute Gasteiger partial charge is 0.496 e. The number of ether oxygens (including phenoxy) is 1. The molecule has 0 aliphatic rings. The number of aryl methyl sites for hydroxylation is 1. The molecule has 0 fully saturated rings. The van der Waals surface area contributed by atoms with Crippen molar-refractivity contribution in [3.8, 4) is 17.1 Å². The summed E-state index contributed by atoms with van der Waals surface area (Å²) >= 11 is 5.81. The van der Waals surface area contributed by atoms with E-state index in [-0.39, 0.29) is 0 Å². The summed E-state index contributed by atoms with van der Waals surface area (Å²) in [5.41, 5.74) is 2.60. The Hall–Kier alpha value is -1.61. The van der Waals surface area contributed by atoms with Crippen LogP contribution in [0.1, 0.15) is 11.4 Å². The zero-order chi connectivity index (χ0) is 12.3. The molecule has 0 aliphatic heterocycles. The third kappa shape index (κ3) is 2.56. The lowest BCUT2D eigenvalue weighted by Crippen LogP contribution is -1.98. The van der Waals surface area contributed by atoms with E-state index in [4.69, 9.17) is 16.3 Å². The van der Waals surface area contributed by atoms with E-state index in [1.807, 2.05) is 37.3 Å². The van der Waals surface area contributed by atoms with Crippen LogP contribution in [0.4, 0.5) is 0 Å². The van der Waals surface area contributed by atoms with Gasteiger partial charge in [-0.05, 0) is 25.1 Å². The molecule has 0 unspecified atom stereocenters. The minimum atomic E-state index is 0.380. The minimum absolute atomic E-state index is 0.380. The molecule has 0 radical (unpaired) electrons. The fourth-order valence-electron chi connectivity index (χ4n) is 1.65. The molecule has 1 aromatic heterocycles. The summed E-state index contributed by atoms with van der Waals surface area (Å²) in [7, 11) is 1.64. The zero-order valence-electron chi connectivity index (χ0n) is 9.77. The van der Waals surface area contributed by atoms with Gasteiger partial charge in [-0.25, -0.2) is 9.97 Å². The Morgan fingerprint density at radius 1 is 1.24 bits per heavy atom. The number of para-hydroxylation sites is 1. The Balaban J connectivity index is 2.55. The Kier molecular flexibility index (Phi) is 3.59. The van der Waals surface area contributed by atoms with Crippen LogP contribution in [-0.2, 0) is 5.88 Å². The second kappa shape index (κ2) is 5.15. The number of halogens is 1. The Morgan fingerprint density at radius 3 is 2.71 bits per heavy atom. The number of nitrogens with zero attached hydrogens (tertiary/aromatic N) is 2. The fourth-order valence-corrected chi connectivity index (χ4v) is 1.79. The zero-order valence-corrected chi connectivity index (χ0v) is 10.5. The number of hydrogen-bond donors (Lipinski definition) is 0. The van der Waals surface area contributed by atoms with E-state index < -0.39 is 0 Å². The molecular formula is C13H13ClN2O. The average Bonchev–Trinajstić information content (AvgIpc) is 2.37. The molecule has 0 atom stereocenters. The Morgan fingerprint density at radius 2 is 2.00 bits per heavy atom. The van der Waals surface area contributed by atoms with E-state index >= 15 is 0 Å². The molecule has 88 valence electrons. The van der Waals surface area contributed by atoms with Crippen molar-refractivity contribution in [2.24, 2.45) is 0 Å². The third-order valence-corrected chi connectivity index (χ3v) is 2.67. The highest BCUT2D eigenvalue weighted by Crippen LogP contribution is 2.27. The lowest BCUT2D eigenvalue weighted by molar-refractivity contribution is 0.416. The number of methoxy groups -OCH3 is 1. The molecule has 1 aromatic carbocycles. The Bertz CT molecular complexity index is 529. The Labute approximate surface area is 105 Å². The first-order chi connectivity index (χ1) is 8.24. The summed E-state index contributed by atoms with van der Waals surface area (Å²) in [4.78, 5) is 8.82. The normalized spacial score (nSPS) is 10.3. The van der Waals surface area contributed by atoms with Gasteiger partial charge in [0, 0.05) is 5.69 Å². The minimum Gasteiger partial charge on any atom is -0.496 e. The fraction of sp³-hybridized carbons (Fsp3) is 0.231. The number of alkyl halides is 1. The van der Waals surface area contributed by atoms with Crippen LogP contribution < -0.4 is 4.74 Å². The lowest BCUT2D eigenvalue weighted by atomic mass is 10.2. The molecule has 2 aromatic rings. The van der Waals surface area contributed by atoms with Crippen molar-refractivity contribution in [1.82, 2.24) is 9.97 Å². The predicted molar refractivity (Wildman–Crippen MR) is 68.3 cm³/mol. The van der Waals surface area contributed by atoms with Crippen LogP contribution >= 0.6 is 11.6 Å². The SMILES string of the molecule is COc1ccccc1-c1nc(C)cc(CCl)n1. The molecule has 0 spiro atoms. The highest BCUT2D eigenvalue weighted by molar-refractivity contribution is 6.16. The quantitative estimate of drug-likeness (QED) is 0.783. The topological polar surface area (TPSA) is 35.0 Å². The van der Waals surface area contributed by atoms with Gasteiger partial charge in [0.25, 0.3) is 0 Å². The molecule has 0 amide bonds. The number of aromatic nitrogens is 2. The first kappa shape index (κ1) is 11.9. The van der Waals surface area contributed by atoms with Crippen molar-refractivity contribution in [2.45, 2.75) is 12.8 Å². The van der Waals surface area contributed by atoms with Gasteiger partial charge in [-0.3, -0.25) is 0 Å². The van der Waals surface area contributed by atoms with E-state index in [0.717, 1.165) is 22.7 Å². The van der Waals surface area contributed by atoms with Crippen molar-refractivity contribution in [3.05, 3.63) is 41.7 Å². The van der Waals surface area contributed by atoms with E-state index in [0.29, 0.717) is 11.7 Å². The van der Waals surface area contributed by atoms with Crippen molar-refractivity contribution < 1.29 is 4.74 Å². The average molecular weight is 249 g/mol. The molecule has 4 heteroatoms. The summed E-state index contributed by atoms with van der Waals surface area (Å²) in [6, 6.07) is 9.56. The van der Waals surface area contributed by atoms with Crippen LogP contribution in [0.15, 0.2) is 30.3 Å². The first-order valence-electron chi connectivity index (χ1n) is 5.28. The van der Waals surface area contributed by atoms with Gasteiger partial charge in [0.1, 0.15) is 5.75 Å². The monoisotopic (exact) mass is 248 g/mol. The molecule has 1 heterocycles. The van der Waals surface area contributed by atoms with Crippen LogP contribution in [0.5, 0.6) is 5.75 Å². The van der Waals surface area contributed by atoms with Gasteiger partial charge < -0.3 is 4.74 Å². The van der Waals surface area contributed by atoms with Gasteiger partial charge in [0.05, 0.1) is 24.2 Å². The van der Waals surface area contributed by atoms with Gasteiger partial charge in [-0.2, -0.15) is 0 Å². The summed E-state index contributed by atoms with van der Waals surface area (Å²) in [5.74, 6) is 1.79. The number of hydrogen-bond acceptors (Lipinski definition) is 3. The molecular weight excluding hydrogens is 236 g/mol. The molecule has 0 saturated heterocycles. The molecule has 17 heavy (non-hydrogen) atoms. The van der Waals surface area contributed by atoms with Crippen molar-refractivity contribution >= 4 is 11.6 Å². The second-order valence-corrected chi connectivity index (χ2v) is 3.93. The second-order valence-electron chi connectivity index (χ2n) is 3.66. The summed E-state index contributed by atoms with van der Waals surface area (Å²) in [6.45, 7) is 1.93. The molecule has 0 saturated carbocycles. The molecule has 0 bridgehead atoms. The maximum atomic E-state index is 5.81. The molecule has 2 rings (SSSR count). The highest BCUT2D eigenvalue weighted by Gasteiger charge is 2.09. The smallest absolute Gasteiger partial charge is 0.163 e. The van der Waals surface area contributed by atoms with Gasteiger partial charge in [0.2, 0.25) is 0 Å². The maximum Gasteiger partial charge on any atom is 0.163 e. The van der Waals surface area contributed by atoms with Crippen molar-refractivity contribution in [1.29, 1.82) is 0 Å². The number of rotatable bonds is 3. The summed E-state index contributed by atoms with van der Waals surface area (Å²) in [5, 5.41) is 0. The maximum absolute atomic E-state index is 5.81. The van der Waals surface area contributed by atoms with E-state index in [9.17, 15) is 0 Å². The van der Waals surface area contributed by atoms with Gasteiger partial charge >= 0.3 is 0 Å². The predicted octanol–water partition coefficient (Wildman–Crippen LogP) is 3.20. The van der Waals surface area contributed by atoms with Crippen LogP contribution in [0.2, 0.25) is 0 Å². The van der Waals surface area contributed by atoms with Crippen molar-refractivity contribution in [3.63, 3.8) is 0 Å². The van der Waals surface area contributed by atoms with Gasteiger partial charge in [-0.15, -0.1) is 11.6 Å². The highest BCUT2D eigenvalue weighted by atomic mass is 35.5. The lowest BCUT2D eigenvalue weighted by Gasteiger charge is -2.08. The van der Waals surface area contributed by atoms with Gasteiger partial charge in [0.15, 0.2) is 5.82 Å². The molecule has 0 aliphatic carbocycles.